The van der Waals surface area contributed by atoms with E-state index in [0.717, 1.165) is 50.9 Å². The lowest BCUT2D eigenvalue weighted by Crippen LogP contribution is -2.21. The number of allylic oxidation sites excluding steroid dienone is 2. The number of fused-ring (bicyclic) bond motifs is 2. The molecule has 0 radical (unpaired) electrons. The van der Waals surface area contributed by atoms with Gasteiger partial charge in [0.1, 0.15) is 5.75 Å². The molecule has 252 valence electrons. The molecule has 1 saturated carbocycles. The summed E-state index contributed by atoms with van der Waals surface area (Å²) in [4.78, 5) is 12.3. The van der Waals surface area contributed by atoms with Crippen molar-refractivity contribution in [3.63, 3.8) is 0 Å². The predicted molar refractivity (Wildman–Crippen MR) is 195 cm³/mol. The summed E-state index contributed by atoms with van der Waals surface area (Å²) in [5.74, 6) is 3.77. The third-order valence-corrected chi connectivity index (χ3v) is 10.8. The third-order valence-electron chi connectivity index (χ3n) is 10.8. The van der Waals surface area contributed by atoms with Crippen LogP contribution in [0.2, 0.25) is 0 Å². The summed E-state index contributed by atoms with van der Waals surface area (Å²) in [6.45, 7) is 6.06. The Bertz CT molecular complexity index is 1330. The van der Waals surface area contributed by atoms with Gasteiger partial charge in [0.2, 0.25) is 0 Å². The van der Waals surface area contributed by atoms with Crippen LogP contribution < -0.4 is 4.74 Å². The molecular weight excluding hydrogens is 576 g/mol. The van der Waals surface area contributed by atoms with E-state index in [1.807, 2.05) is 0 Å². The molecule has 3 aromatic carbocycles. The van der Waals surface area contributed by atoms with Crippen molar-refractivity contribution < 1.29 is 14.3 Å². The van der Waals surface area contributed by atoms with Gasteiger partial charge < -0.3 is 9.47 Å². The van der Waals surface area contributed by atoms with Crippen LogP contribution in [0.25, 0.3) is 0 Å². The molecule has 0 spiro atoms. The fourth-order valence-electron chi connectivity index (χ4n) is 7.76. The van der Waals surface area contributed by atoms with Gasteiger partial charge in [-0.3, -0.25) is 4.79 Å². The number of benzene rings is 3. The molecule has 3 aromatic rings. The van der Waals surface area contributed by atoms with Crippen LogP contribution in [0, 0.1) is 23.7 Å². The Hall–Kier alpha value is -3.33. The Morgan fingerprint density at radius 2 is 1.28 bits per heavy atom. The van der Waals surface area contributed by atoms with Crippen molar-refractivity contribution in [3.05, 3.63) is 114 Å². The Morgan fingerprint density at radius 1 is 0.681 bits per heavy atom. The van der Waals surface area contributed by atoms with Crippen molar-refractivity contribution in [2.45, 2.75) is 109 Å². The average Bonchev–Trinajstić information content (AvgIpc) is 3.76. The molecule has 0 saturated heterocycles. The first-order valence-electron chi connectivity index (χ1n) is 18.8. The maximum absolute atomic E-state index is 12.3. The van der Waals surface area contributed by atoms with Crippen LogP contribution in [-0.4, -0.2) is 19.2 Å². The molecule has 3 heteroatoms. The van der Waals surface area contributed by atoms with Crippen LogP contribution in [0.4, 0.5) is 0 Å². The van der Waals surface area contributed by atoms with Crippen LogP contribution in [0.1, 0.15) is 126 Å². The first-order chi connectivity index (χ1) is 23.1. The molecule has 6 unspecified atom stereocenters. The summed E-state index contributed by atoms with van der Waals surface area (Å²) in [6, 6.07) is 31.1. The van der Waals surface area contributed by atoms with Crippen LogP contribution in [0.5, 0.6) is 5.75 Å². The molecule has 1 fully saturated rings. The van der Waals surface area contributed by atoms with E-state index >= 15 is 0 Å². The zero-order chi connectivity index (χ0) is 32.7. The zero-order valence-corrected chi connectivity index (χ0v) is 29.0. The summed E-state index contributed by atoms with van der Waals surface area (Å²) < 4.78 is 11.7. The molecule has 2 aliphatic carbocycles. The molecule has 6 atom stereocenters. The normalized spacial score (nSPS) is 20.2. The Morgan fingerprint density at radius 3 is 1.87 bits per heavy atom. The molecule has 2 aliphatic rings. The monoisotopic (exact) mass is 634 g/mol. The van der Waals surface area contributed by atoms with E-state index in [4.69, 9.17) is 9.47 Å². The Labute approximate surface area is 285 Å². The number of carbonyl (C=O) groups is 1. The minimum Gasteiger partial charge on any atom is -0.494 e. The van der Waals surface area contributed by atoms with E-state index in [0.29, 0.717) is 36.2 Å². The van der Waals surface area contributed by atoms with Crippen molar-refractivity contribution in [1.29, 1.82) is 0 Å². The molecule has 47 heavy (non-hydrogen) atoms. The fourth-order valence-corrected chi connectivity index (χ4v) is 7.76. The molecular formula is C44H58O3. The summed E-state index contributed by atoms with van der Waals surface area (Å²) in [5.41, 5.74) is 4.21. The van der Waals surface area contributed by atoms with Gasteiger partial charge in [0.15, 0.2) is 0 Å². The van der Waals surface area contributed by atoms with Crippen LogP contribution in [0.3, 0.4) is 0 Å². The second-order valence-electron chi connectivity index (χ2n) is 14.4. The third kappa shape index (κ3) is 10.8. The van der Waals surface area contributed by atoms with Crippen molar-refractivity contribution >= 4 is 5.97 Å². The van der Waals surface area contributed by atoms with Gasteiger partial charge in [-0.25, -0.2) is 0 Å². The highest BCUT2D eigenvalue weighted by atomic mass is 16.5. The van der Waals surface area contributed by atoms with Gasteiger partial charge in [0.05, 0.1) is 19.1 Å². The second kappa shape index (κ2) is 18.9. The van der Waals surface area contributed by atoms with E-state index in [2.05, 4.69) is 111 Å². The lowest BCUT2D eigenvalue weighted by Gasteiger charge is -2.27. The molecule has 2 bridgehead atoms. The number of carbonyl (C=O) groups excluding carboxylic acids is 1. The number of rotatable bonds is 21. The van der Waals surface area contributed by atoms with E-state index in [1.165, 1.54) is 61.6 Å². The van der Waals surface area contributed by atoms with Crippen LogP contribution in [0.15, 0.2) is 97.1 Å². The molecule has 3 nitrogen and oxygen atoms in total. The average molecular weight is 635 g/mol. The molecule has 0 amide bonds. The molecule has 5 rings (SSSR count). The van der Waals surface area contributed by atoms with Crippen molar-refractivity contribution in [2.24, 2.45) is 23.7 Å². The molecule has 0 aromatic heterocycles. The Balaban J connectivity index is 0.983. The number of ether oxygens (including phenoxy) is 2. The van der Waals surface area contributed by atoms with E-state index in [1.54, 1.807) is 0 Å². The zero-order valence-electron chi connectivity index (χ0n) is 29.0. The van der Waals surface area contributed by atoms with Crippen LogP contribution >= 0.6 is 0 Å². The fraction of sp³-hybridized carbons (Fsp3) is 0.523. The number of hydrogen-bond acceptors (Lipinski definition) is 3. The minimum absolute atomic E-state index is 0.0425. The van der Waals surface area contributed by atoms with Gasteiger partial charge in [-0.15, -0.1) is 0 Å². The number of hydrogen-bond donors (Lipinski definition) is 0. The smallest absolute Gasteiger partial charge is 0.309 e. The second-order valence-corrected chi connectivity index (χ2v) is 14.4. The van der Waals surface area contributed by atoms with Crippen molar-refractivity contribution in [3.8, 4) is 5.75 Å². The maximum atomic E-state index is 12.3. The van der Waals surface area contributed by atoms with E-state index < -0.39 is 0 Å². The molecule has 0 N–H and O–H groups in total. The first kappa shape index (κ1) is 35.0. The highest BCUT2D eigenvalue weighted by Crippen LogP contribution is 2.44. The SMILES string of the molecule is CCC(C)CC(CC(c1ccccc1)c1ccc(OCCCCCCCCCCOC(=O)C2CC3C=CC2C3)cc1)c1ccccc1. The van der Waals surface area contributed by atoms with Gasteiger partial charge in [0.25, 0.3) is 0 Å². The van der Waals surface area contributed by atoms with Gasteiger partial charge >= 0.3 is 5.97 Å². The van der Waals surface area contributed by atoms with Gasteiger partial charge in [-0.05, 0) is 91.0 Å². The highest BCUT2D eigenvalue weighted by Gasteiger charge is 2.40. The lowest BCUT2D eigenvalue weighted by molar-refractivity contribution is -0.149. The van der Waals surface area contributed by atoms with Gasteiger partial charge in [0, 0.05) is 5.92 Å². The summed E-state index contributed by atoms with van der Waals surface area (Å²) in [7, 11) is 0. The summed E-state index contributed by atoms with van der Waals surface area (Å²) in [5, 5.41) is 0. The largest absolute Gasteiger partial charge is 0.494 e. The van der Waals surface area contributed by atoms with Gasteiger partial charge in [-0.1, -0.05) is 144 Å². The number of unbranched alkanes of at least 4 members (excludes halogenated alkanes) is 7. The standard InChI is InChI=1S/C44H58O3/c1-3-34(2)30-40(36-18-12-10-13-19-36)33-42(37-20-14-11-15-21-37)38-24-26-41(27-25-38)46-28-16-8-6-4-5-7-9-17-29-47-44(45)43-32-35-22-23-39(43)31-35/h10-15,18-27,34-35,39-40,42-43H,3-9,16-17,28-33H2,1-2H3. The summed E-state index contributed by atoms with van der Waals surface area (Å²) >= 11 is 0. The first-order valence-corrected chi connectivity index (χ1v) is 18.8. The Kier molecular flexibility index (Phi) is 14.0. The van der Waals surface area contributed by atoms with Crippen molar-refractivity contribution in [1.82, 2.24) is 0 Å². The summed E-state index contributed by atoms with van der Waals surface area (Å²) in [6.07, 6.45) is 19.6. The topological polar surface area (TPSA) is 35.5 Å². The van der Waals surface area contributed by atoms with Crippen LogP contribution in [-0.2, 0) is 9.53 Å². The highest BCUT2D eigenvalue weighted by molar-refractivity contribution is 5.74. The van der Waals surface area contributed by atoms with E-state index in [-0.39, 0.29) is 11.9 Å². The predicted octanol–water partition coefficient (Wildman–Crippen LogP) is 11.7. The molecule has 0 aliphatic heterocycles. The minimum atomic E-state index is 0.0425. The number of esters is 1. The van der Waals surface area contributed by atoms with Gasteiger partial charge in [-0.2, -0.15) is 0 Å². The van der Waals surface area contributed by atoms with Crippen molar-refractivity contribution in [2.75, 3.05) is 13.2 Å². The molecule has 0 heterocycles. The maximum Gasteiger partial charge on any atom is 0.309 e. The van der Waals surface area contributed by atoms with E-state index in [9.17, 15) is 4.79 Å². The lowest BCUT2D eigenvalue weighted by atomic mass is 9.77. The quantitative estimate of drug-likeness (QED) is 0.0664.